The highest BCUT2D eigenvalue weighted by atomic mass is 31.2. The minimum absolute atomic E-state index is 0.0126. The van der Waals surface area contributed by atoms with Crippen LogP contribution < -0.4 is 19.4 Å². The highest BCUT2D eigenvalue weighted by Crippen LogP contribution is 2.51. The van der Waals surface area contributed by atoms with Crippen molar-refractivity contribution in [3.63, 3.8) is 0 Å². The Hall–Kier alpha value is -4.26. The number of pyridine rings is 1. The summed E-state index contributed by atoms with van der Waals surface area (Å²) in [5.74, 6) is -0.649. The third-order valence-corrected chi connectivity index (χ3v) is 7.34. The van der Waals surface area contributed by atoms with Crippen LogP contribution >= 0.6 is 7.82 Å². The van der Waals surface area contributed by atoms with Gasteiger partial charge in [0.05, 0.1) is 35.9 Å². The van der Waals surface area contributed by atoms with E-state index in [1.54, 1.807) is 65.8 Å². The van der Waals surface area contributed by atoms with E-state index in [-0.39, 0.29) is 33.5 Å². The molecule has 4 aromatic rings. The Morgan fingerprint density at radius 3 is 2.00 bits per heavy atom. The third kappa shape index (κ3) is 10.1. The first-order chi connectivity index (χ1) is 23.0. The molecule has 0 amide bonds. The van der Waals surface area contributed by atoms with Crippen LogP contribution in [0.5, 0.6) is 17.2 Å². The lowest BCUT2D eigenvalue weighted by Crippen LogP contribution is -2.22. The Balaban J connectivity index is 1.61. The van der Waals surface area contributed by atoms with Crippen LogP contribution in [0, 0.1) is 5.82 Å². The standard InChI is InChI=1S/C35H41FNO11P/c1-9-20-42-29-19-18-28(36)30-31(29)37(21-27(32(30)38)23-10-14-25(41-8)15-11-23)22-43-33(39)24-12-16-26(17-13-24)44-49(40,47-45-34(2,3)4)48-46-35(5,6)7/h10-19,21H,9,20,22H2,1-8H3. The molecule has 14 heteroatoms. The van der Waals surface area contributed by atoms with Gasteiger partial charge in [-0.05, 0) is 102 Å². The molecule has 49 heavy (non-hydrogen) atoms. The molecule has 0 spiro atoms. The monoisotopic (exact) mass is 701 g/mol. The number of fused-ring (bicyclic) bond motifs is 1. The quantitative estimate of drug-likeness (QED) is 0.0544. The second-order valence-corrected chi connectivity index (χ2v) is 14.2. The number of phosphoric acid groups is 1. The molecule has 1 aromatic heterocycles. The number of halogens is 1. The fourth-order valence-corrected chi connectivity index (χ4v) is 5.31. The summed E-state index contributed by atoms with van der Waals surface area (Å²) < 4.78 is 62.3. The summed E-state index contributed by atoms with van der Waals surface area (Å²) in [4.78, 5) is 37.2. The van der Waals surface area contributed by atoms with Crippen LogP contribution in [0.3, 0.4) is 0 Å². The maximum absolute atomic E-state index is 15.3. The molecule has 0 aliphatic carbocycles. The van der Waals surface area contributed by atoms with Crippen LogP contribution in [-0.2, 0) is 35.2 Å². The Morgan fingerprint density at radius 1 is 0.857 bits per heavy atom. The molecular formula is C35H41FNO11P. The smallest absolute Gasteiger partial charge is 0.497 e. The van der Waals surface area contributed by atoms with Crippen LogP contribution in [0.4, 0.5) is 4.39 Å². The first-order valence-corrected chi connectivity index (χ1v) is 16.9. The van der Waals surface area contributed by atoms with Gasteiger partial charge in [0.2, 0.25) is 0 Å². The van der Waals surface area contributed by atoms with Crippen molar-refractivity contribution in [1.82, 2.24) is 4.57 Å². The largest absolute Gasteiger partial charge is 0.585 e. The number of methoxy groups -OCH3 is 1. The van der Waals surface area contributed by atoms with Crippen LogP contribution in [0.1, 0.15) is 65.2 Å². The van der Waals surface area contributed by atoms with Gasteiger partial charge < -0.3 is 23.3 Å². The number of aromatic nitrogens is 1. The number of hydrogen-bond donors (Lipinski definition) is 0. The van der Waals surface area contributed by atoms with E-state index < -0.39 is 43.0 Å². The van der Waals surface area contributed by atoms with Crippen LogP contribution in [0.15, 0.2) is 71.7 Å². The maximum atomic E-state index is 15.3. The summed E-state index contributed by atoms with van der Waals surface area (Å²) in [6.45, 7) is 11.9. The highest BCUT2D eigenvalue weighted by molar-refractivity contribution is 7.48. The zero-order valence-electron chi connectivity index (χ0n) is 28.7. The predicted molar refractivity (Wildman–Crippen MR) is 180 cm³/mol. The normalized spacial score (nSPS) is 12.2. The molecular weight excluding hydrogens is 660 g/mol. The van der Waals surface area contributed by atoms with E-state index in [4.69, 9.17) is 37.9 Å². The molecule has 264 valence electrons. The van der Waals surface area contributed by atoms with Crippen molar-refractivity contribution in [3.8, 4) is 28.4 Å². The van der Waals surface area contributed by atoms with Gasteiger partial charge in [-0.25, -0.2) is 23.5 Å². The molecule has 0 aliphatic rings. The number of ether oxygens (including phenoxy) is 3. The zero-order valence-corrected chi connectivity index (χ0v) is 29.6. The number of carbonyl (C=O) groups excluding carboxylic acids is 1. The SMILES string of the molecule is CCCOc1ccc(F)c2c(=O)c(-c3ccc(OC)cc3)cn(COC(=O)c3ccc(OP(=O)(OOC(C)(C)C)OOC(C)(C)C)cc3)c12. The van der Waals surface area contributed by atoms with Crippen molar-refractivity contribution in [2.45, 2.75) is 72.8 Å². The highest BCUT2D eigenvalue weighted by Gasteiger charge is 2.36. The maximum Gasteiger partial charge on any atom is 0.585 e. The Labute approximate surface area is 284 Å². The molecule has 0 atom stereocenters. The number of benzene rings is 3. The number of hydrogen-bond acceptors (Lipinski definition) is 11. The molecule has 12 nitrogen and oxygen atoms in total. The van der Waals surface area contributed by atoms with Crippen molar-refractivity contribution in [1.29, 1.82) is 0 Å². The second kappa shape index (κ2) is 15.5. The molecule has 1 heterocycles. The fraction of sp³-hybridized carbons (Fsp3) is 0.371. The van der Waals surface area contributed by atoms with E-state index in [0.717, 1.165) is 0 Å². The third-order valence-electron chi connectivity index (χ3n) is 6.40. The Morgan fingerprint density at radius 2 is 1.45 bits per heavy atom. The molecule has 0 fully saturated rings. The molecule has 0 saturated heterocycles. The van der Waals surface area contributed by atoms with E-state index in [1.165, 1.54) is 54.3 Å². The van der Waals surface area contributed by atoms with E-state index >= 15 is 4.39 Å². The number of carbonyl (C=O) groups is 1. The molecule has 0 unspecified atom stereocenters. The summed E-state index contributed by atoms with van der Waals surface area (Å²) >= 11 is 0. The van der Waals surface area contributed by atoms with Crippen molar-refractivity contribution in [2.75, 3.05) is 13.7 Å². The first-order valence-electron chi connectivity index (χ1n) is 15.5. The van der Waals surface area contributed by atoms with Crippen LogP contribution in [-0.4, -0.2) is 35.5 Å². The van der Waals surface area contributed by atoms with Gasteiger partial charge in [0.1, 0.15) is 28.6 Å². The van der Waals surface area contributed by atoms with Crippen molar-refractivity contribution in [3.05, 3.63) is 88.5 Å². The molecule has 0 saturated carbocycles. The van der Waals surface area contributed by atoms with Gasteiger partial charge in [-0.2, -0.15) is 0 Å². The van der Waals surface area contributed by atoms with Gasteiger partial charge in [0.25, 0.3) is 0 Å². The van der Waals surface area contributed by atoms with E-state index in [2.05, 4.69) is 0 Å². The summed E-state index contributed by atoms with van der Waals surface area (Å²) in [6, 6.07) is 14.8. The molecule has 0 aliphatic heterocycles. The summed E-state index contributed by atoms with van der Waals surface area (Å²) in [7, 11) is -2.92. The summed E-state index contributed by atoms with van der Waals surface area (Å²) in [5, 5.41) is -0.209. The Bertz CT molecular complexity index is 1840. The first kappa shape index (κ1) is 37.6. The zero-order chi connectivity index (χ0) is 36.0. The number of nitrogens with zero attached hydrogens (tertiary/aromatic N) is 1. The molecule has 0 bridgehead atoms. The van der Waals surface area contributed by atoms with E-state index in [0.29, 0.717) is 24.3 Å². The van der Waals surface area contributed by atoms with Crippen LogP contribution in [0.2, 0.25) is 0 Å². The van der Waals surface area contributed by atoms with Crippen molar-refractivity contribution >= 4 is 24.7 Å². The minimum atomic E-state index is -4.44. The average Bonchev–Trinajstić information content (AvgIpc) is 3.05. The average molecular weight is 702 g/mol. The lowest BCUT2D eigenvalue weighted by atomic mass is 10.0. The molecule has 0 N–H and O–H groups in total. The van der Waals surface area contributed by atoms with Crippen molar-refractivity contribution < 1.29 is 51.6 Å². The van der Waals surface area contributed by atoms with Gasteiger partial charge in [0.15, 0.2) is 12.2 Å². The van der Waals surface area contributed by atoms with Crippen molar-refractivity contribution in [2.24, 2.45) is 0 Å². The van der Waals surface area contributed by atoms with Gasteiger partial charge in [0, 0.05) is 11.8 Å². The number of rotatable bonds is 14. The van der Waals surface area contributed by atoms with Gasteiger partial charge in [-0.15, -0.1) is 9.35 Å². The lowest BCUT2D eigenvalue weighted by molar-refractivity contribution is -0.334. The van der Waals surface area contributed by atoms with Gasteiger partial charge in [-0.3, -0.25) is 4.79 Å². The predicted octanol–water partition coefficient (Wildman–Crippen LogP) is 8.40. The molecule has 3 aromatic carbocycles. The minimum Gasteiger partial charge on any atom is -0.497 e. The molecule has 4 rings (SSSR count). The molecule has 0 radical (unpaired) electrons. The topological polar surface area (TPSA) is 130 Å². The second-order valence-electron chi connectivity index (χ2n) is 12.9. The Kier molecular flexibility index (Phi) is 11.9. The van der Waals surface area contributed by atoms with E-state index in [1.807, 2.05) is 6.92 Å². The summed E-state index contributed by atoms with van der Waals surface area (Å²) in [5.41, 5.74) is -1.32. The number of esters is 1. The fourth-order valence-electron chi connectivity index (χ4n) is 4.22. The van der Waals surface area contributed by atoms with Gasteiger partial charge >= 0.3 is 13.8 Å². The van der Waals surface area contributed by atoms with E-state index in [9.17, 15) is 14.2 Å². The summed E-state index contributed by atoms with van der Waals surface area (Å²) in [6.07, 6.45) is 2.16. The van der Waals surface area contributed by atoms with Crippen LogP contribution in [0.25, 0.3) is 22.0 Å². The lowest BCUT2D eigenvalue weighted by Gasteiger charge is -2.24. The van der Waals surface area contributed by atoms with Gasteiger partial charge in [-0.1, -0.05) is 19.1 Å².